The normalized spacial score (nSPS) is 32.7. The van der Waals surface area contributed by atoms with E-state index in [2.05, 4.69) is 13.8 Å². The highest BCUT2D eigenvalue weighted by Crippen LogP contribution is 2.50. The Kier molecular flexibility index (Phi) is 5.17. The van der Waals surface area contributed by atoms with Crippen LogP contribution in [0.2, 0.25) is 0 Å². The van der Waals surface area contributed by atoms with Gasteiger partial charge in [0, 0.05) is 18.2 Å². The Morgan fingerprint density at radius 3 is 2.33 bits per heavy atom. The van der Waals surface area contributed by atoms with Gasteiger partial charge in [0.2, 0.25) is 5.85 Å². The maximum absolute atomic E-state index is 11.2. The molecule has 4 atom stereocenters. The van der Waals surface area contributed by atoms with Crippen molar-refractivity contribution in [3.05, 3.63) is 23.3 Å². The van der Waals surface area contributed by atoms with Gasteiger partial charge in [0.25, 0.3) is 0 Å². The highest BCUT2D eigenvalue weighted by molar-refractivity contribution is 5.53. The summed E-state index contributed by atoms with van der Waals surface area (Å²) in [6.45, 7) is 4.61. The lowest BCUT2D eigenvalue weighted by Crippen LogP contribution is -2.79. The second-order valence-electron chi connectivity index (χ2n) is 8.25. The Bertz CT molecular complexity index is 707. The fraction of sp³-hybridized carbons (Fsp3) is 0.684. The van der Waals surface area contributed by atoms with Crippen LogP contribution in [0.25, 0.3) is 0 Å². The molecule has 0 aliphatic carbocycles. The summed E-state index contributed by atoms with van der Waals surface area (Å²) < 4.78 is 10.8. The third-order valence-corrected chi connectivity index (χ3v) is 6.00. The van der Waals surface area contributed by atoms with Crippen LogP contribution in [0, 0.1) is 11.8 Å². The molecule has 2 aliphatic heterocycles. The molecule has 8 heteroatoms. The predicted octanol–water partition coefficient (Wildman–Crippen LogP) is 0.162. The van der Waals surface area contributed by atoms with Gasteiger partial charge in [-0.1, -0.05) is 13.8 Å². The second-order valence-corrected chi connectivity index (χ2v) is 8.25. The van der Waals surface area contributed by atoms with E-state index < -0.39 is 17.6 Å². The number of benzene rings is 1. The summed E-state index contributed by atoms with van der Waals surface area (Å²) in [6, 6.07) is 3.15. The van der Waals surface area contributed by atoms with Crippen molar-refractivity contribution in [1.29, 1.82) is 0 Å². The molecule has 1 fully saturated rings. The molecular formula is C19H32N4O4. The first-order chi connectivity index (χ1) is 12.5. The van der Waals surface area contributed by atoms with Gasteiger partial charge in [-0.2, -0.15) is 0 Å². The molecule has 2 heterocycles. The third kappa shape index (κ3) is 3.10. The number of aliphatic hydroxyl groups excluding tert-OH is 1. The minimum Gasteiger partial charge on any atom is -0.493 e. The Morgan fingerprint density at radius 1 is 1.19 bits per heavy atom. The molecule has 0 radical (unpaired) electrons. The summed E-state index contributed by atoms with van der Waals surface area (Å²) in [5.41, 5.74) is 18.6. The number of hydrogen-bond donors (Lipinski definition) is 5. The maximum atomic E-state index is 11.2. The zero-order chi connectivity index (χ0) is 20.1. The van der Waals surface area contributed by atoms with Crippen molar-refractivity contribution in [2.24, 2.45) is 29.0 Å². The van der Waals surface area contributed by atoms with Crippen LogP contribution in [0.4, 0.5) is 0 Å². The van der Waals surface area contributed by atoms with Gasteiger partial charge < -0.3 is 31.2 Å². The number of piperidine rings is 1. The molecule has 0 amide bonds. The molecule has 0 spiro atoms. The molecule has 27 heavy (non-hydrogen) atoms. The molecule has 2 aliphatic rings. The van der Waals surface area contributed by atoms with Gasteiger partial charge in [-0.15, -0.1) is 0 Å². The summed E-state index contributed by atoms with van der Waals surface area (Å²) in [7, 11) is 3.07. The van der Waals surface area contributed by atoms with Crippen LogP contribution in [-0.4, -0.2) is 47.8 Å². The van der Waals surface area contributed by atoms with E-state index in [4.69, 9.17) is 26.7 Å². The number of rotatable bonds is 4. The van der Waals surface area contributed by atoms with Crippen LogP contribution in [0.3, 0.4) is 0 Å². The van der Waals surface area contributed by atoms with E-state index in [1.807, 2.05) is 6.07 Å². The first-order valence-corrected chi connectivity index (χ1v) is 9.34. The standard InChI is InChI=1S/C19H32N4O4/c1-10(2)5-11-9-23-14(8-15(11)24)12-6-16(26-3)17(27-4)7-13(12)18(20,21)19(23,22)25/h6-7,10-11,14-15,24-25H,5,8-9,20-22H2,1-4H3. The van der Waals surface area contributed by atoms with Crippen molar-refractivity contribution in [3.63, 3.8) is 0 Å². The van der Waals surface area contributed by atoms with Crippen LogP contribution in [0.5, 0.6) is 11.5 Å². The van der Waals surface area contributed by atoms with Crippen LogP contribution in [0.1, 0.15) is 43.9 Å². The summed E-state index contributed by atoms with van der Waals surface area (Å²) in [4.78, 5) is 1.72. The molecule has 152 valence electrons. The molecule has 0 aromatic heterocycles. The minimum atomic E-state index is -1.97. The Balaban J connectivity index is 2.12. The molecule has 1 aromatic rings. The van der Waals surface area contributed by atoms with Crippen molar-refractivity contribution < 1.29 is 19.7 Å². The van der Waals surface area contributed by atoms with E-state index in [0.29, 0.717) is 35.9 Å². The largest absolute Gasteiger partial charge is 0.493 e. The molecule has 0 bridgehead atoms. The van der Waals surface area contributed by atoms with E-state index in [0.717, 1.165) is 12.0 Å². The Labute approximate surface area is 160 Å². The minimum absolute atomic E-state index is 0.0196. The molecule has 3 rings (SSSR count). The number of ether oxygens (including phenoxy) is 2. The van der Waals surface area contributed by atoms with Gasteiger partial charge in [-0.05, 0) is 42.4 Å². The first kappa shape index (κ1) is 20.3. The van der Waals surface area contributed by atoms with Crippen molar-refractivity contribution in [2.75, 3.05) is 20.8 Å². The molecular weight excluding hydrogens is 348 g/mol. The molecule has 4 unspecified atom stereocenters. The SMILES string of the molecule is COc1cc2c(cc1OC)C(N)(N)C(N)(O)N1CC(CC(C)C)C(O)CC21. The van der Waals surface area contributed by atoms with E-state index in [-0.39, 0.29) is 12.0 Å². The fourth-order valence-corrected chi connectivity index (χ4v) is 4.52. The first-order valence-electron chi connectivity index (χ1n) is 9.34. The van der Waals surface area contributed by atoms with Crippen LogP contribution >= 0.6 is 0 Å². The van der Waals surface area contributed by atoms with E-state index in [9.17, 15) is 10.2 Å². The lowest BCUT2D eigenvalue weighted by molar-refractivity contribution is -0.213. The number of aliphatic hydroxyl groups is 2. The zero-order valence-corrected chi connectivity index (χ0v) is 16.5. The van der Waals surface area contributed by atoms with E-state index >= 15 is 0 Å². The summed E-state index contributed by atoms with van der Waals surface area (Å²) in [5, 5.41) is 21.9. The van der Waals surface area contributed by atoms with Crippen molar-refractivity contribution in [2.45, 2.75) is 50.3 Å². The second kappa shape index (κ2) is 6.88. The Hall–Kier alpha value is -1.42. The zero-order valence-electron chi connectivity index (χ0n) is 16.5. The van der Waals surface area contributed by atoms with Gasteiger partial charge in [-0.25, -0.2) is 0 Å². The lowest BCUT2D eigenvalue weighted by atomic mass is 9.74. The predicted molar refractivity (Wildman–Crippen MR) is 102 cm³/mol. The number of hydrogen-bond acceptors (Lipinski definition) is 8. The molecule has 1 aromatic carbocycles. The average Bonchev–Trinajstić information content (AvgIpc) is 2.60. The van der Waals surface area contributed by atoms with E-state index in [1.54, 1.807) is 18.1 Å². The van der Waals surface area contributed by atoms with E-state index in [1.165, 1.54) is 7.11 Å². The topological polar surface area (TPSA) is 140 Å². The molecule has 0 saturated carbocycles. The highest BCUT2D eigenvalue weighted by atomic mass is 16.5. The smallest absolute Gasteiger partial charge is 0.209 e. The van der Waals surface area contributed by atoms with Crippen molar-refractivity contribution >= 4 is 0 Å². The van der Waals surface area contributed by atoms with Gasteiger partial charge >= 0.3 is 0 Å². The molecule has 1 saturated heterocycles. The third-order valence-electron chi connectivity index (χ3n) is 6.00. The van der Waals surface area contributed by atoms with Gasteiger partial charge in [0.05, 0.1) is 20.3 Å². The van der Waals surface area contributed by atoms with Crippen molar-refractivity contribution in [3.8, 4) is 11.5 Å². The van der Waals surface area contributed by atoms with Crippen molar-refractivity contribution in [1.82, 2.24) is 4.90 Å². The Morgan fingerprint density at radius 2 is 1.78 bits per heavy atom. The molecule has 8 nitrogen and oxygen atoms in total. The van der Waals surface area contributed by atoms with Gasteiger partial charge in [-0.3, -0.25) is 10.6 Å². The highest BCUT2D eigenvalue weighted by Gasteiger charge is 2.58. The number of nitrogens with two attached hydrogens (primary N) is 3. The summed E-state index contributed by atoms with van der Waals surface area (Å²) in [5.74, 6) is -0.592. The lowest BCUT2D eigenvalue weighted by Gasteiger charge is -2.57. The summed E-state index contributed by atoms with van der Waals surface area (Å²) in [6.07, 6.45) is 0.741. The number of methoxy groups -OCH3 is 2. The fourth-order valence-electron chi connectivity index (χ4n) is 4.52. The average molecular weight is 380 g/mol. The van der Waals surface area contributed by atoms with Crippen LogP contribution in [-0.2, 0) is 5.66 Å². The van der Waals surface area contributed by atoms with Crippen LogP contribution < -0.4 is 26.7 Å². The molecule has 8 N–H and O–H groups in total. The van der Waals surface area contributed by atoms with Gasteiger partial charge in [0.1, 0.15) is 5.66 Å². The maximum Gasteiger partial charge on any atom is 0.209 e. The quantitative estimate of drug-likeness (QED) is 0.465. The number of nitrogens with zero attached hydrogens (tertiary/aromatic N) is 1. The monoisotopic (exact) mass is 380 g/mol. The van der Waals surface area contributed by atoms with Gasteiger partial charge in [0.15, 0.2) is 11.5 Å². The number of fused-ring (bicyclic) bond motifs is 3. The summed E-state index contributed by atoms with van der Waals surface area (Å²) >= 11 is 0. The van der Waals surface area contributed by atoms with Crippen LogP contribution in [0.15, 0.2) is 12.1 Å².